The van der Waals surface area contributed by atoms with Gasteiger partial charge in [-0.05, 0) is 51.4 Å². The van der Waals surface area contributed by atoms with Crippen LogP contribution in [-0.4, -0.2) is 36.1 Å². The molecule has 0 saturated carbocycles. The smallest absolute Gasteiger partial charge is 0.306 e. The lowest BCUT2D eigenvalue weighted by atomic mass is 10.1. The summed E-state index contributed by atoms with van der Waals surface area (Å²) in [5.74, 6) is -0.882. The number of thiocarbonyl (C=S) groups is 1. The minimum absolute atomic E-state index is 0.0463. The monoisotopic (exact) mass is 495 g/mol. The van der Waals surface area contributed by atoms with E-state index in [-0.39, 0.29) is 24.6 Å². The zero-order chi connectivity index (χ0) is 21.9. The molecule has 10 heteroatoms. The van der Waals surface area contributed by atoms with Crippen molar-refractivity contribution < 1.29 is 23.9 Å². The number of halogens is 1. The van der Waals surface area contributed by atoms with E-state index < -0.39 is 17.8 Å². The van der Waals surface area contributed by atoms with Gasteiger partial charge in [-0.1, -0.05) is 37.3 Å². The van der Waals surface area contributed by atoms with Gasteiger partial charge in [0.15, 0.2) is 11.7 Å². The van der Waals surface area contributed by atoms with Crippen molar-refractivity contribution >= 4 is 61.8 Å². The van der Waals surface area contributed by atoms with E-state index >= 15 is 0 Å². The molecule has 0 radical (unpaired) electrons. The van der Waals surface area contributed by atoms with Gasteiger partial charge >= 0.3 is 5.97 Å². The fourth-order valence-corrected chi connectivity index (χ4v) is 3.13. The van der Waals surface area contributed by atoms with Gasteiger partial charge in [-0.3, -0.25) is 25.2 Å². The first-order valence-corrected chi connectivity index (χ1v) is 10.4. The van der Waals surface area contributed by atoms with Crippen molar-refractivity contribution in [2.75, 3.05) is 13.2 Å². The molecular formula is C20H22BrN3O5S. The molecule has 0 heterocycles. The van der Waals surface area contributed by atoms with Gasteiger partial charge in [-0.2, -0.15) is 0 Å². The van der Waals surface area contributed by atoms with Gasteiger partial charge in [0, 0.05) is 6.42 Å². The molecule has 0 aliphatic heterocycles. The molecule has 0 unspecified atom stereocenters. The Kier molecular flexibility index (Phi) is 9.49. The molecule has 0 aliphatic carbocycles. The maximum Gasteiger partial charge on any atom is 0.306 e. The van der Waals surface area contributed by atoms with Crippen LogP contribution >= 0.6 is 28.1 Å². The first-order valence-electron chi connectivity index (χ1n) is 9.25. The Morgan fingerprint density at radius 1 is 1.03 bits per heavy atom. The third kappa shape index (κ3) is 7.60. The zero-order valence-electron chi connectivity index (χ0n) is 16.3. The van der Waals surface area contributed by atoms with Crippen molar-refractivity contribution in [1.82, 2.24) is 16.2 Å². The van der Waals surface area contributed by atoms with E-state index in [2.05, 4.69) is 32.1 Å². The molecule has 0 atom stereocenters. The first-order chi connectivity index (χ1) is 14.4. The predicted molar refractivity (Wildman–Crippen MR) is 120 cm³/mol. The molecule has 2 rings (SSSR count). The Labute approximate surface area is 187 Å². The summed E-state index contributed by atoms with van der Waals surface area (Å²) in [5, 5.41) is 4.28. The van der Waals surface area contributed by atoms with Crippen molar-refractivity contribution in [3.8, 4) is 5.75 Å². The molecule has 0 spiro atoms. The molecule has 0 saturated heterocycles. The number of esters is 1. The lowest BCUT2D eigenvalue weighted by Crippen LogP contribution is -2.49. The zero-order valence-corrected chi connectivity index (χ0v) is 18.7. The highest BCUT2D eigenvalue weighted by Gasteiger charge is 2.11. The van der Waals surface area contributed by atoms with Crippen LogP contribution in [0.5, 0.6) is 5.75 Å². The van der Waals surface area contributed by atoms with E-state index in [4.69, 9.17) is 21.7 Å². The average molecular weight is 496 g/mol. The van der Waals surface area contributed by atoms with Crippen molar-refractivity contribution in [3.63, 3.8) is 0 Å². The van der Waals surface area contributed by atoms with Crippen LogP contribution in [0.3, 0.4) is 0 Å². The van der Waals surface area contributed by atoms with Crippen LogP contribution in [0.25, 0.3) is 10.8 Å². The number of fused-ring (bicyclic) bond motifs is 1. The fraction of sp³-hybridized carbons (Fsp3) is 0.300. The van der Waals surface area contributed by atoms with Crippen molar-refractivity contribution in [1.29, 1.82) is 0 Å². The molecular weight excluding hydrogens is 474 g/mol. The van der Waals surface area contributed by atoms with Gasteiger partial charge < -0.3 is 14.8 Å². The topological polar surface area (TPSA) is 106 Å². The second kappa shape index (κ2) is 12.1. The fourth-order valence-electron chi connectivity index (χ4n) is 2.35. The number of hydrogen-bond donors (Lipinski definition) is 3. The molecule has 30 heavy (non-hydrogen) atoms. The maximum atomic E-state index is 11.9. The Balaban J connectivity index is 1.70. The molecule has 0 bridgehead atoms. The number of hydrazine groups is 1. The van der Waals surface area contributed by atoms with Crippen LogP contribution < -0.4 is 20.9 Å². The van der Waals surface area contributed by atoms with Crippen LogP contribution in [0.2, 0.25) is 0 Å². The molecule has 2 amide bonds. The van der Waals surface area contributed by atoms with Crippen LogP contribution in [0.15, 0.2) is 40.9 Å². The van der Waals surface area contributed by atoms with Gasteiger partial charge in [0.05, 0.1) is 17.5 Å². The number of nitrogens with one attached hydrogen (secondary N) is 3. The van der Waals surface area contributed by atoms with E-state index in [9.17, 15) is 14.4 Å². The SMILES string of the molecule is CCCOC(=O)CCC(=O)NC(=S)NNC(=O)COc1ccc2ccccc2c1Br. The molecule has 0 fully saturated rings. The molecule has 0 aromatic heterocycles. The van der Waals surface area contributed by atoms with Crippen molar-refractivity contribution in [2.24, 2.45) is 0 Å². The van der Waals surface area contributed by atoms with E-state index in [1.54, 1.807) is 6.07 Å². The maximum absolute atomic E-state index is 11.9. The molecule has 8 nitrogen and oxygen atoms in total. The van der Waals surface area contributed by atoms with Gasteiger partial charge in [0.2, 0.25) is 5.91 Å². The molecule has 2 aromatic carbocycles. The average Bonchev–Trinajstić information content (AvgIpc) is 2.74. The van der Waals surface area contributed by atoms with Gasteiger partial charge in [0.1, 0.15) is 5.75 Å². The number of ether oxygens (including phenoxy) is 2. The number of carbonyl (C=O) groups is 3. The second-order valence-electron chi connectivity index (χ2n) is 6.16. The summed E-state index contributed by atoms with van der Waals surface area (Å²) in [7, 11) is 0. The Morgan fingerprint density at radius 3 is 2.57 bits per heavy atom. The predicted octanol–water partition coefficient (Wildman–Crippen LogP) is 2.74. The van der Waals surface area contributed by atoms with Crippen LogP contribution in [-0.2, 0) is 19.1 Å². The summed E-state index contributed by atoms with van der Waals surface area (Å²) in [6.07, 6.45) is 0.597. The largest absolute Gasteiger partial charge is 0.483 e. The highest BCUT2D eigenvalue weighted by atomic mass is 79.9. The Bertz CT molecular complexity index is 938. The normalized spacial score (nSPS) is 10.2. The second-order valence-corrected chi connectivity index (χ2v) is 7.36. The van der Waals surface area contributed by atoms with Gasteiger partial charge in [0.25, 0.3) is 5.91 Å². The summed E-state index contributed by atoms with van der Waals surface area (Å²) in [6.45, 7) is 1.94. The first kappa shape index (κ1) is 23.6. The third-order valence-corrected chi connectivity index (χ3v) is 4.80. The molecule has 160 valence electrons. The lowest BCUT2D eigenvalue weighted by molar-refractivity contribution is -0.144. The van der Waals surface area contributed by atoms with E-state index in [0.717, 1.165) is 15.2 Å². The van der Waals surface area contributed by atoms with Crippen molar-refractivity contribution in [3.05, 3.63) is 40.9 Å². The number of hydrogen-bond acceptors (Lipinski definition) is 6. The van der Waals surface area contributed by atoms with E-state index in [1.807, 2.05) is 37.3 Å². The van der Waals surface area contributed by atoms with E-state index in [1.165, 1.54) is 0 Å². The molecule has 0 aliphatic rings. The standard InChI is InChI=1S/C20H22BrN3O5S/c1-2-11-28-18(27)10-9-16(25)22-20(30)24-23-17(26)12-29-15-8-7-13-5-3-4-6-14(13)19(15)21/h3-8H,2,9-12H2,1H3,(H,23,26)(H2,22,24,25,30). The highest BCUT2D eigenvalue weighted by Crippen LogP contribution is 2.32. The quantitative estimate of drug-likeness (QED) is 0.293. The summed E-state index contributed by atoms with van der Waals surface area (Å²) in [4.78, 5) is 35.1. The number of amides is 2. The summed E-state index contributed by atoms with van der Waals surface area (Å²) < 4.78 is 11.2. The number of benzene rings is 2. The van der Waals surface area contributed by atoms with Crippen LogP contribution in [0, 0.1) is 0 Å². The minimum atomic E-state index is -0.491. The van der Waals surface area contributed by atoms with Gasteiger partial charge in [-0.25, -0.2) is 0 Å². The highest BCUT2D eigenvalue weighted by molar-refractivity contribution is 9.10. The van der Waals surface area contributed by atoms with Crippen LogP contribution in [0.1, 0.15) is 26.2 Å². The Hall–Kier alpha value is -2.72. The third-order valence-electron chi connectivity index (χ3n) is 3.78. The molecule has 3 N–H and O–H groups in total. The summed E-state index contributed by atoms with van der Waals surface area (Å²) in [5.41, 5.74) is 4.74. The number of carbonyl (C=O) groups excluding carboxylic acids is 3. The molecule has 2 aromatic rings. The Morgan fingerprint density at radius 2 is 1.80 bits per heavy atom. The van der Waals surface area contributed by atoms with Gasteiger partial charge in [-0.15, -0.1) is 0 Å². The van der Waals surface area contributed by atoms with Crippen LogP contribution in [0.4, 0.5) is 0 Å². The van der Waals surface area contributed by atoms with E-state index in [0.29, 0.717) is 18.8 Å². The summed E-state index contributed by atoms with van der Waals surface area (Å²) in [6, 6.07) is 11.4. The minimum Gasteiger partial charge on any atom is -0.483 e. The number of rotatable bonds is 8. The summed E-state index contributed by atoms with van der Waals surface area (Å²) >= 11 is 8.41. The van der Waals surface area contributed by atoms with Crippen molar-refractivity contribution in [2.45, 2.75) is 26.2 Å². The lowest BCUT2D eigenvalue weighted by Gasteiger charge is -2.12.